The molecule has 0 bridgehead atoms. The third-order valence-corrected chi connectivity index (χ3v) is 4.42. The first kappa shape index (κ1) is 16.6. The number of hydrogen-bond acceptors (Lipinski definition) is 4. The van der Waals surface area contributed by atoms with Crippen molar-refractivity contribution in [2.45, 2.75) is 38.3 Å². The van der Waals surface area contributed by atoms with E-state index in [1.54, 1.807) is 7.11 Å². The molecule has 2 heterocycles. The van der Waals surface area contributed by atoms with Gasteiger partial charge < -0.3 is 19.8 Å². The van der Waals surface area contributed by atoms with Gasteiger partial charge in [-0.3, -0.25) is 4.68 Å². The minimum atomic E-state index is -0.319. The standard InChI is InChI=1S/C17H24N4O3/c1-11-7-8-16(24-11)14(10-23-3)20-17(22)19-13-5-4-6-15-12(13)9-18-21(15)2/h7-9,13-14H,4-6,10H2,1-3H3,(H2,19,20,22)/t13-,14-/m0/s1. The molecule has 0 fully saturated rings. The van der Waals surface area contributed by atoms with Crippen LogP contribution in [-0.2, 0) is 18.2 Å². The van der Waals surface area contributed by atoms with Crippen LogP contribution in [0.3, 0.4) is 0 Å². The molecule has 3 rings (SSSR count). The monoisotopic (exact) mass is 332 g/mol. The second kappa shape index (κ2) is 7.09. The zero-order chi connectivity index (χ0) is 17.1. The SMILES string of the molecule is COC[C@H](NC(=O)N[C@H]1CCCc2c1cnn2C)c1ccc(C)o1. The van der Waals surface area contributed by atoms with Crippen molar-refractivity contribution in [3.05, 3.63) is 41.1 Å². The summed E-state index contributed by atoms with van der Waals surface area (Å²) in [5.74, 6) is 1.50. The lowest BCUT2D eigenvalue weighted by molar-refractivity contribution is 0.155. The van der Waals surface area contributed by atoms with Gasteiger partial charge in [-0.2, -0.15) is 5.10 Å². The van der Waals surface area contributed by atoms with Gasteiger partial charge >= 0.3 is 6.03 Å². The molecule has 7 heteroatoms. The van der Waals surface area contributed by atoms with E-state index < -0.39 is 0 Å². The first-order valence-corrected chi connectivity index (χ1v) is 8.21. The van der Waals surface area contributed by atoms with E-state index in [2.05, 4.69) is 15.7 Å². The van der Waals surface area contributed by atoms with E-state index in [1.165, 1.54) is 5.69 Å². The first-order chi connectivity index (χ1) is 11.6. The quantitative estimate of drug-likeness (QED) is 0.881. The molecule has 0 radical (unpaired) electrons. The van der Waals surface area contributed by atoms with Crippen molar-refractivity contribution in [1.82, 2.24) is 20.4 Å². The van der Waals surface area contributed by atoms with Crippen LogP contribution < -0.4 is 10.6 Å². The Morgan fingerprint density at radius 3 is 3.08 bits per heavy atom. The van der Waals surface area contributed by atoms with Gasteiger partial charge in [-0.25, -0.2) is 4.79 Å². The smallest absolute Gasteiger partial charge is 0.315 e. The van der Waals surface area contributed by atoms with Crippen LogP contribution in [-0.4, -0.2) is 29.5 Å². The highest BCUT2D eigenvalue weighted by molar-refractivity contribution is 5.75. The number of urea groups is 1. The molecular weight excluding hydrogens is 308 g/mol. The maximum absolute atomic E-state index is 12.4. The molecule has 0 saturated carbocycles. The van der Waals surface area contributed by atoms with Crippen LogP contribution in [0.25, 0.3) is 0 Å². The van der Waals surface area contributed by atoms with E-state index >= 15 is 0 Å². The number of carbonyl (C=O) groups is 1. The Kier molecular flexibility index (Phi) is 4.89. The number of fused-ring (bicyclic) bond motifs is 1. The number of methoxy groups -OCH3 is 1. The summed E-state index contributed by atoms with van der Waals surface area (Å²) in [7, 11) is 3.54. The molecule has 0 saturated heterocycles. The van der Waals surface area contributed by atoms with Crippen LogP contribution in [0.15, 0.2) is 22.7 Å². The number of rotatable bonds is 5. The summed E-state index contributed by atoms with van der Waals surface area (Å²) in [5.41, 5.74) is 2.30. The predicted octanol–water partition coefficient (Wildman–Crippen LogP) is 2.39. The molecule has 0 aromatic carbocycles. The van der Waals surface area contributed by atoms with E-state index in [0.29, 0.717) is 12.4 Å². The van der Waals surface area contributed by atoms with Crippen LogP contribution >= 0.6 is 0 Å². The summed E-state index contributed by atoms with van der Waals surface area (Å²) in [4.78, 5) is 12.4. The van der Waals surface area contributed by atoms with E-state index in [1.807, 2.05) is 37.0 Å². The Bertz CT molecular complexity index is 707. The molecule has 2 aromatic heterocycles. The average molecular weight is 332 g/mol. The molecule has 0 aliphatic heterocycles. The highest BCUT2D eigenvalue weighted by atomic mass is 16.5. The van der Waals surface area contributed by atoms with Gasteiger partial charge in [-0.1, -0.05) is 0 Å². The third kappa shape index (κ3) is 3.46. The van der Waals surface area contributed by atoms with Gasteiger partial charge in [0, 0.05) is 25.4 Å². The summed E-state index contributed by atoms with van der Waals surface area (Å²) in [6.07, 6.45) is 4.81. The molecule has 0 spiro atoms. The number of furan rings is 1. The molecule has 1 aliphatic carbocycles. The summed E-state index contributed by atoms with van der Waals surface area (Å²) < 4.78 is 12.7. The Morgan fingerprint density at radius 2 is 2.38 bits per heavy atom. The maximum Gasteiger partial charge on any atom is 0.315 e. The largest absolute Gasteiger partial charge is 0.464 e. The summed E-state index contributed by atoms with van der Waals surface area (Å²) in [6, 6.07) is 3.18. The van der Waals surface area contributed by atoms with Crippen molar-refractivity contribution in [2.24, 2.45) is 7.05 Å². The number of hydrogen-bond donors (Lipinski definition) is 2. The number of amides is 2. The van der Waals surface area contributed by atoms with Crippen molar-refractivity contribution in [3.8, 4) is 0 Å². The lowest BCUT2D eigenvalue weighted by atomic mass is 9.93. The van der Waals surface area contributed by atoms with E-state index in [-0.39, 0.29) is 18.1 Å². The fraction of sp³-hybridized carbons (Fsp3) is 0.529. The third-order valence-electron chi connectivity index (χ3n) is 4.42. The number of aryl methyl sites for hydroxylation is 2. The topological polar surface area (TPSA) is 81.3 Å². The van der Waals surface area contributed by atoms with Crippen molar-refractivity contribution >= 4 is 6.03 Å². The van der Waals surface area contributed by atoms with Gasteiger partial charge in [-0.15, -0.1) is 0 Å². The van der Waals surface area contributed by atoms with Crippen LogP contribution in [0.1, 0.15) is 47.7 Å². The summed E-state index contributed by atoms with van der Waals surface area (Å²) >= 11 is 0. The Balaban J connectivity index is 1.66. The molecule has 0 unspecified atom stereocenters. The molecule has 2 atom stereocenters. The van der Waals surface area contributed by atoms with Gasteiger partial charge in [0.05, 0.1) is 18.8 Å². The normalized spacial score (nSPS) is 18.0. The van der Waals surface area contributed by atoms with Crippen molar-refractivity contribution in [1.29, 1.82) is 0 Å². The molecule has 130 valence electrons. The van der Waals surface area contributed by atoms with Crippen LogP contribution in [0.5, 0.6) is 0 Å². The lowest BCUT2D eigenvalue weighted by Crippen LogP contribution is -2.41. The number of nitrogens with one attached hydrogen (secondary N) is 2. The highest BCUT2D eigenvalue weighted by Crippen LogP contribution is 2.29. The number of carbonyl (C=O) groups excluding carboxylic acids is 1. The minimum Gasteiger partial charge on any atom is -0.464 e. The van der Waals surface area contributed by atoms with E-state index in [4.69, 9.17) is 9.15 Å². The van der Waals surface area contributed by atoms with Crippen LogP contribution in [0.4, 0.5) is 4.79 Å². The minimum absolute atomic E-state index is 0.0102. The van der Waals surface area contributed by atoms with E-state index in [0.717, 1.165) is 30.6 Å². The maximum atomic E-state index is 12.4. The predicted molar refractivity (Wildman–Crippen MR) is 88.6 cm³/mol. The van der Waals surface area contributed by atoms with Gasteiger partial charge in [0.2, 0.25) is 0 Å². The lowest BCUT2D eigenvalue weighted by Gasteiger charge is -2.25. The summed E-state index contributed by atoms with van der Waals surface area (Å²) in [5, 5.41) is 10.3. The molecule has 7 nitrogen and oxygen atoms in total. The first-order valence-electron chi connectivity index (χ1n) is 8.21. The van der Waals surface area contributed by atoms with Crippen molar-refractivity contribution in [2.75, 3.05) is 13.7 Å². The number of ether oxygens (including phenoxy) is 1. The Hall–Kier alpha value is -2.28. The average Bonchev–Trinajstić information content (AvgIpc) is 3.14. The van der Waals surface area contributed by atoms with Gasteiger partial charge in [0.25, 0.3) is 0 Å². The second-order valence-electron chi connectivity index (χ2n) is 6.19. The van der Waals surface area contributed by atoms with Gasteiger partial charge in [0.1, 0.15) is 17.6 Å². The zero-order valence-corrected chi connectivity index (χ0v) is 14.3. The fourth-order valence-electron chi connectivity index (χ4n) is 3.22. The molecular formula is C17H24N4O3. The van der Waals surface area contributed by atoms with Crippen LogP contribution in [0.2, 0.25) is 0 Å². The van der Waals surface area contributed by atoms with Gasteiger partial charge in [0.15, 0.2) is 0 Å². The van der Waals surface area contributed by atoms with Crippen LogP contribution in [0, 0.1) is 6.92 Å². The molecule has 1 aliphatic rings. The molecule has 24 heavy (non-hydrogen) atoms. The molecule has 2 N–H and O–H groups in total. The number of nitrogens with zero attached hydrogens (tertiary/aromatic N) is 2. The molecule has 2 amide bonds. The summed E-state index contributed by atoms with van der Waals surface area (Å²) in [6.45, 7) is 2.22. The van der Waals surface area contributed by atoms with E-state index in [9.17, 15) is 4.79 Å². The van der Waals surface area contributed by atoms with Crippen molar-refractivity contribution in [3.63, 3.8) is 0 Å². The number of aromatic nitrogens is 2. The Labute approximate surface area is 141 Å². The zero-order valence-electron chi connectivity index (χ0n) is 14.3. The highest BCUT2D eigenvalue weighted by Gasteiger charge is 2.26. The Morgan fingerprint density at radius 1 is 1.54 bits per heavy atom. The fourth-order valence-corrected chi connectivity index (χ4v) is 3.22. The van der Waals surface area contributed by atoms with Crippen molar-refractivity contribution < 1.29 is 13.9 Å². The molecule has 2 aromatic rings. The second-order valence-corrected chi connectivity index (χ2v) is 6.19. The van der Waals surface area contributed by atoms with Gasteiger partial charge in [-0.05, 0) is 38.3 Å².